The van der Waals surface area contributed by atoms with Gasteiger partial charge in [0.2, 0.25) is 0 Å². The maximum Gasteiger partial charge on any atom is 0.200 e. The predicted octanol–water partition coefficient (Wildman–Crippen LogP) is 2.68. The largest absolute Gasteiger partial charge is 0.275 e. The zero-order valence-corrected chi connectivity index (χ0v) is 10.1. The van der Waals surface area contributed by atoms with Crippen molar-refractivity contribution in [2.75, 3.05) is 0 Å². The van der Waals surface area contributed by atoms with Crippen LogP contribution < -0.4 is 10.9 Å². The third kappa shape index (κ3) is 2.46. The van der Waals surface area contributed by atoms with Gasteiger partial charge in [0.1, 0.15) is 11.6 Å². The number of rotatable bonds is 3. The first-order valence-corrected chi connectivity index (χ1v) is 5.54. The van der Waals surface area contributed by atoms with Crippen molar-refractivity contribution in [3.8, 4) is 0 Å². The summed E-state index contributed by atoms with van der Waals surface area (Å²) in [5.41, 5.74) is 0.103. The minimum atomic E-state index is -2.17. The Morgan fingerprint density at radius 1 is 0.750 bits per heavy atom. The molecule has 0 spiro atoms. The van der Waals surface area contributed by atoms with Gasteiger partial charge in [0.25, 0.3) is 0 Å². The van der Waals surface area contributed by atoms with Crippen LogP contribution in [0.25, 0.3) is 6.08 Å². The monoisotopic (exact) mass is 281 g/mol. The van der Waals surface area contributed by atoms with Crippen LogP contribution in [0, 0.1) is 29.1 Å². The minimum absolute atomic E-state index is 0.304. The van der Waals surface area contributed by atoms with Gasteiger partial charge in [-0.3, -0.25) is 5.46 Å². The highest BCUT2D eigenvalue weighted by atomic mass is 19.2. The Morgan fingerprint density at radius 2 is 1.20 bits per heavy atom. The number of benzene rings is 2. The van der Waals surface area contributed by atoms with Gasteiger partial charge in [-0.1, -0.05) is 24.8 Å². The molecule has 0 saturated carbocycles. The average molecular weight is 281 g/mol. The maximum atomic E-state index is 13.5. The van der Waals surface area contributed by atoms with Gasteiger partial charge in [0.05, 0.1) is 0 Å². The number of halogens is 5. The molecule has 0 saturated heterocycles. The quantitative estimate of drug-likeness (QED) is 0.351. The van der Waals surface area contributed by atoms with E-state index >= 15 is 0 Å². The van der Waals surface area contributed by atoms with Crippen LogP contribution in [0.5, 0.6) is 0 Å². The summed E-state index contributed by atoms with van der Waals surface area (Å²) in [6.07, 6.45) is 1.56. The Hall–Kier alpha value is -2.11. The normalized spacial score (nSPS) is 10.7. The molecule has 2 aromatic rings. The highest BCUT2D eigenvalue weighted by molar-refractivity contribution is 6.67. The van der Waals surface area contributed by atoms with Crippen LogP contribution in [-0.2, 0) is 0 Å². The van der Waals surface area contributed by atoms with Crippen LogP contribution in [0.1, 0.15) is 5.56 Å². The molecule has 0 amide bonds. The van der Waals surface area contributed by atoms with Crippen molar-refractivity contribution in [1.29, 1.82) is 0 Å². The van der Waals surface area contributed by atoms with Crippen molar-refractivity contribution in [2.45, 2.75) is 0 Å². The van der Waals surface area contributed by atoms with Crippen molar-refractivity contribution in [2.24, 2.45) is 0 Å². The van der Waals surface area contributed by atoms with E-state index in [1.54, 1.807) is 18.2 Å². The number of hydrogen-bond acceptors (Lipinski definition) is 0. The van der Waals surface area contributed by atoms with Gasteiger partial charge in [-0.2, -0.15) is 5.46 Å². The molecule has 0 N–H and O–H groups in total. The van der Waals surface area contributed by atoms with Crippen molar-refractivity contribution >= 4 is 24.3 Å². The summed E-state index contributed by atoms with van der Waals surface area (Å²) < 4.78 is 65.9. The van der Waals surface area contributed by atoms with Crippen LogP contribution >= 0.6 is 0 Å². The first-order chi connectivity index (χ1) is 9.45. The molecule has 0 nitrogen and oxygen atoms in total. The topological polar surface area (TPSA) is 0 Å². The molecule has 0 aliphatic heterocycles. The third-order valence-electron chi connectivity index (χ3n) is 2.73. The smallest absolute Gasteiger partial charge is 0.200 e. The highest BCUT2D eigenvalue weighted by Gasteiger charge is 2.19. The van der Waals surface area contributed by atoms with Gasteiger partial charge in [-0.15, -0.1) is 12.1 Å². The van der Waals surface area contributed by atoms with Gasteiger partial charge in [0, 0.05) is 0 Å². The number of hydrogen-bond donors (Lipinski definition) is 0. The molecular formula is C14H7BF5-. The summed E-state index contributed by atoms with van der Waals surface area (Å²) in [5.74, 6) is -9.79. The standard InChI is InChI=1S/C14H7BF5/c1-2-7-3-5-8(6-4-7)15-9-10(16)12(18)14(20)13(19)11(9)17/h2-6H,1H2/q-1. The van der Waals surface area contributed by atoms with E-state index < -0.39 is 34.5 Å². The zero-order valence-electron chi connectivity index (χ0n) is 10.1. The Labute approximate surface area is 112 Å². The second kappa shape index (κ2) is 5.49. The Bertz CT molecular complexity index is 635. The van der Waals surface area contributed by atoms with Gasteiger partial charge in [-0.25, -0.2) is 29.2 Å². The summed E-state index contributed by atoms with van der Waals surface area (Å²) in [7, 11) is 0.892. The van der Waals surface area contributed by atoms with E-state index in [9.17, 15) is 22.0 Å². The predicted molar refractivity (Wildman–Crippen MR) is 67.8 cm³/mol. The fourth-order valence-corrected chi connectivity index (χ4v) is 1.64. The maximum absolute atomic E-state index is 13.5. The van der Waals surface area contributed by atoms with E-state index in [2.05, 4.69) is 6.58 Å². The second-order valence-electron chi connectivity index (χ2n) is 4.00. The molecule has 2 aromatic carbocycles. The van der Waals surface area contributed by atoms with Crippen LogP contribution in [0.2, 0.25) is 0 Å². The molecule has 6 heteroatoms. The average Bonchev–Trinajstić information content (AvgIpc) is 2.48. The third-order valence-corrected chi connectivity index (χ3v) is 2.73. The molecule has 0 bridgehead atoms. The SMILES string of the molecule is C=Cc1ccc([B-]c2c(F)c(F)c(F)c(F)c2F)cc1. The molecule has 20 heavy (non-hydrogen) atoms. The van der Waals surface area contributed by atoms with Crippen molar-refractivity contribution in [1.82, 2.24) is 0 Å². The first-order valence-electron chi connectivity index (χ1n) is 5.54. The zero-order chi connectivity index (χ0) is 14.9. The summed E-state index contributed by atoms with van der Waals surface area (Å²) in [5, 5.41) is 0. The van der Waals surface area contributed by atoms with Crippen molar-refractivity contribution in [3.63, 3.8) is 0 Å². The Kier molecular flexibility index (Phi) is 3.92. The lowest BCUT2D eigenvalue weighted by Crippen LogP contribution is -2.34. The fraction of sp³-hybridized carbons (Fsp3) is 0. The molecule has 0 atom stereocenters. The van der Waals surface area contributed by atoms with E-state index in [1.165, 1.54) is 12.1 Å². The van der Waals surface area contributed by atoms with E-state index in [-0.39, 0.29) is 0 Å². The molecular weight excluding hydrogens is 274 g/mol. The van der Waals surface area contributed by atoms with Crippen LogP contribution in [0.4, 0.5) is 22.0 Å². The molecule has 2 rings (SSSR count). The van der Waals surface area contributed by atoms with Crippen molar-refractivity contribution < 1.29 is 22.0 Å². The lowest BCUT2D eigenvalue weighted by Gasteiger charge is -2.20. The molecule has 0 fully saturated rings. The molecule has 0 aliphatic carbocycles. The molecule has 0 aliphatic rings. The first kappa shape index (κ1) is 14.3. The summed E-state index contributed by atoms with van der Waals surface area (Å²) in [6.45, 7) is 3.53. The van der Waals surface area contributed by atoms with Crippen molar-refractivity contribution in [3.05, 3.63) is 65.5 Å². The Morgan fingerprint density at radius 3 is 1.65 bits per heavy atom. The molecule has 102 valence electrons. The summed E-state index contributed by atoms with van der Waals surface area (Å²) in [4.78, 5) is 0. The minimum Gasteiger partial charge on any atom is -0.275 e. The molecule has 0 unspecified atom stereocenters. The van der Waals surface area contributed by atoms with E-state index in [0.29, 0.717) is 5.46 Å². The summed E-state index contributed by atoms with van der Waals surface area (Å²) in [6, 6.07) is 6.17. The van der Waals surface area contributed by atoms with Gasteiger partial charge in [0.15, 0.2) is 17.5 Å². The van der Waals surface area contributed by atoms with Gasteiger partial charge in [-0.05, 0) is 5.56 Å². The van der Waals surface area contributed by atoms with E-state index in [1.807, 2.05) is 0 Å². The van der Waals surface area contributed by atoms with E-state index in [4.69, 9.17) is 0 Å². The lowest BCUT2D eigenvalue weighted by atomic mass is 9.63. The van der Waals surface area contributed by atoms with Crippen LogP contribution in [-0.4, -0.2) is 7.28 Å². The Balaban J connectivity index is 2.45. The molecule has 0 heterocycles. The second-order valence-corrected chi connectivity index (χ2v) is 4.00. The lowest BCUT2D eigenvalue weighted by molar-refractivity contribution is 0.384. The summed E-state index contributed by atoms with van der Waals surface area (Å²) >= 11 is 0. The van der Waals surface area contributed by atoms with Gasteiger partial charge < -0.3 is 0 Å². The van der Waals surface area contributed by atoms with Gasteiger partial charge >= 0.3 is 0 Å². The molecule has 0 aromatic heterocycles. The van der Waals surface area contributed by atoms with Crippen LogP contribution in [0.3, 0.4) is 0 Å². The van der Waals surface area contributed by atoms with Crippen LogP contribution in [0.15, 0.2) is 30.8 Å². The highest BCUT2D eigenvalue weighted by Crippen LogP contribution is 2.15. The molecule has 2 radical (unpaired) electrons. The van der Waals surface area contributed by atoms with E-state index in [0.717, 1.165) is 12.8 Å². The fourth-order valence-electron chi connectivity index (χ4n) is 1.64.